The molecule has 68 valence electrons. The molecule has 0 aliphatic carbocycles. The van der Waals surface area contributed by atoms with E-state index < -0.39 is 0 Å². The molecule has 0 saturated carbocycles. The van der Waals surface area contributed by atoms with Crippen molar-refractivity contribution >= 4 is 11.6 Å². The van der Waals surface area contributed by atoms with Crippen LogP contribution >= 0.6 is 0 Å². The number of nitrogens with one attached hydrogen (secondary N) is 1. The smallest absolute Gasteiger partial charge is 0.207 e. The number of benzene rings is 1. The van der Waals surface area contributed by atoms with Gasteiger partial charge in [-0.25, -0.2) is 4.99 Å². The molecular weight excluding hydrogens is 178 g/mol. The Hall–Kier alpha value is -2.53. The Balaban J connectivity index is 2.94. The third-order valence-corrected chi connectivity index (χ3v) is 1.41. The molecule has 0 radical (unpaired) electrons. The molecule has 1 rings (SSSR count). The van der Waals surface area contributed by atoms with Crippen LogP contribution in [0.15, 0.2) is 29.3 Å². The van der Waals surface area contributed by atoms with Crippen LogP contribution in [0.25, 0.3) is 0 Å². The molecule has 1 aromatic rings. The van der Waals surface area contributed by atoms with E-state index in [0.717, 1.165) is 0 Å². The van der Waals surface area contributed by atoms with E-state index in [9.17, 15) is 0 Å². The van der Waals surface area contributed by atoms with Crippen molar-refractivity contribution in [2.24, 2.45) is 10.7 Å². The van der Waals surface area contributed by atoms with E-state index >= 15 is 0 Å². The van der Waals surface area contributed by atoms with Gasteiger partial charge in [0, 0.05) is 0 Å². The summed E-state index contributed by atoms with van der Waals surface area (Å²) in [5.41, 5.74) is 6.37. The lowest BCUT2D eigenvalue weighted by molar-refractivity contribution is 1.21. The van der Waals surface area contributed by atoms with Crippen molar-refractivity contribution in [3.05, 3.63) is 29.8 Å². The number of nitrogens with zero attached hydrogens (tertiary/aromatic N) is 3. The Labute approximate surface area is 81.1 Å². The van der Waals surface area contributed by atoms with E-state index in [-0.39, 0.29) is 5.96 Å². The number of rotatable bonds is 1. The number of guanidine groups is 1. The first-order valence-electron chi connectivity index (χ1n) is 3.75. The van der Waals surface area contributed by atoms with Crippen molar-refractivity contribution in [3.63, 3.8) is 0 Å². The minimum Gasteiger partial charge on any atom is -0.369 e. The molecule has 0 aliphatic heterocycles. The number of aliphatic imine (C=N–C) groups is 1. The maximum atomic E-state index is 8.60. The second-order valence-electron chi connectivity index (χ2n) is 2.40. The highest BCUT2D eigenvalue weighted by Crippen LogP contribution is 2.12. The molecule has 0 aromatic heterocycles. The third kappa shape index (κ3) is 2.50. The summed E-state index contributed by atoms with van der Waals surface area (Å²) in [5.74, 6) is 0.00240. The van der Waals surface area contributed by atoms with Crippen molar-refractivity contribution in [2.75, 3.05) is 0 Å². The van der Waals surface area contributed by atoms with Crippen LogP contribution < -0.4 is 11.1 Å². The SMILES string of the molecule is N#CNC(N)=Nc1cccc(C#N)c1. The number of nitriles is 2. The van der Waals surface area contributed by atoms with Gasteiger partial charge in [-0.15, -0.1) is 0 Å². The summed E-state index contributed by atoms with van der Waals surface area (Å²) >= 11 is 0. The zero-order chi connectivity index (χ0) is 10.4. The van der Waals surface area contributed by atoms with E-state index in [1.165, 1.54) is 0 Å². The standard InChI is InChI=1S/C9H7N5/c10-5-7-2-1-3-8(4-7)14-9(12)13-6-11/h1-4H,(H3,12,13,14). The molecule has 0 fully saturated rings. The molecule has 1 aromatic carbocycles. The van der Waals surface area contributed by atoms with Gasteiger partial charge < -0.3 is 5.73 Å². The first kappa shape index (κ1) is 9.56. The second kappa shape index (κ2) is 4.48. The Morgan fingerprint density at radius 1 is 1.43 bits per heavy atom. The number of nitrogens with two attached hydrogens (primary N) is 1. The van der Waals surface area contributed by atoms with Crippen molar-refractivity contribution in [3.8, 4) is 12.3 Å². The van der Waals surface area contributed by atoms with Crippen molar-refractivity contribution < 1.29 is 0 Å². The minimum absolute atomic E-state index is 0.00240. The summed E-state index contributed by atoms with van der Waals surface area (Å²) in [6, 6.07) is 8.59. The predicted octanol–water partition coefficient (Wildman–Crippen LogP) is 0.575. The first-order valence-corrected chi connectivity index (χ1v) is 3.75. The Kier molecular flexibility index (Phi) is 3.06. The molecular formula is C9H7N5. The molecule has 0 saturated heterocycles. The zero-order valence-corrected chi connectivity index (χ0v) is 7.23. The van der Waals surface area contributed by atoms with Gasteiger partial charge in [0.25, 0.3) is 0 Å². The minimum atomic E-state index is 0.00240. The number of hydrogen-bond donors (Lipinski definition) is 2. The Morgan fingerprint density at radius 2 is 2.21 bits per heavy atom. The number of hydrogen-bond acceptors (Lipinski definition) is 3. The molecule has 0 bridgehead atoms. The van der Waals surface area contributed by atoms with Gasteiger partial charge in [-0.05, 0) is 18.2 Å². The van der Waals surface area contributed by atoms with Gasteiger partial charge >= 0.3 is 0 Å². The second-order valence-corrected chi connectivity index (χ2v) is 2.40. The summed E-state index contributed by atoms with van der Waals surface area (Å²) in [6.07, 6.45) is 1.65. The monoisotopic (exact) mass is 185 g/mol. The molecule has 0 unspecified atom stereocenters. The fraction of sp³-hybridized carbons (Fsp3) is 0. The fourth-order valence-corrected chi connectivity index (χ4v) is 0.869. The molecule has 3 N–H and O–H groups in total. The van der Waals surface area contributed by atoms with E-state index in [1.807, 2.05) is 6.07 Å². The predicted molar refractivity (Wildman–Crippen MR) is 51.2 cm³/mol. The summed E-state index contributed by atoms with van der Waals surface area (Å²) in [5, 5.41) is 19.0. The highest BCUT2D eigenvalue weighted by atomic mass is 15.1. The highest BCUT2D eigenvalue weighted by molar-refractivity contribution is 5.82. The molecule has 5 heteroatoms. The molecule has 5 nitrogen and oxygen atoms in total. The third-order valence-electron chi connectivity index (χ3n) is 1.41. The topological polar surface area (TPSA) is 98.0 Å². The average molecular weight is 185 g/mol. The van der Waals surface area contributed by atoms with Gasteiger partial charge in [-0.2, -0.15) is 10.5 Å². The maximum Gasteiger partial charge on any atom is 0.207 e. The van der Waals surface area contributed by atoms with E-state index in [2.05, 4.69) is 10.3 Å². The highest BCUT2D eigenvalue weighted by Gasteiger charge is 1.94. The van der Waals surface area contributed by atoms with Crippen LogP contribution in [0.1, 0.15) is 5.56 Å². The lowest BCUT2D eigenvalue weighted by Crippen LogP contribution is -2.26. The molecule has 0 heterocycles. The van der Waals surface area contributed by atoms with Crippen molar-refractivity contribution in [2.45, 2.75) is 0 Å². The summed E-state index contributed by atoms with van der Waals surface area (Å²) in [4.78, 5) is 3.87. The summed E-state index contributed by atoms with van der Waals surface area (Å²) < 4.78 is 0. The Bertz CT molecular complexity index is 435. The summed E-state index contributed by atoms with van der Waals surface area (Å²) in [6.45, 7) is 0. The van der Waals surface area contributed by atoms with Crippen LogP contribution in [0.2, 0.25) is 0 Å². The van der Waals surface area contributed by atoms with Crippen molar-refractivity contribution in [1.29, 1.82) is 10.5 Å². The molecule has 0 aliphatic rings. The van der Waals surface area contributed by atoms with Crippen LogP contribution in [0.3, 0.4) is 0 Å². The fourth-order valence-electron chi connectivity index (χ4n) is 0.869. The maximum absolute atomic E-state index is 8.60. The van der Waals surface area contributed by atoms with E-state index in [1.54, 1.807) is 30.5 Å². The van der Waals surface area contributed by atoms with Gasteiger partial charge in [0.05, 0.1) is 17.3 Å². The zero-order valence-electron chi connectivity index (χ0n) is 7.23. The first-order chi connectivity index (χ1) is 6.76. The molecule has 0 spiro atoms. The van der Waals surface area contributed by atoms with Crippen LogP contribution in [0.5, 0.6) is 0 Å². The summed E-state index contributed by atoms with van der Waals surface area (Å²) in [7, 11) is 0. The quantitative estimate of drug-likeness (QED) is 0.289. The lowest BCUT2D eigenvalue weighted by Gasteiger charge is -1.96. The molecule has 14 heavy (non-hydrogen) atoms. The van der Waals surface area contributed by atoms with Crippen LogP contribution in [0, 0.1) is 22.8 Å². The van der Waals surface area contributed by atoms with Gasteiger partial charge in [-0.1, -0.05) is 6.07 Å². The van der Waals surface area contributed by atoms with Gasteiger partial charge in [0.2, 0.25) is 5.96 Å². The van der Waals surface area contributed by atoms with Gasteiger partial charge in [-0.3, -0.25) is 5.32 Å². The van der Waals surface area contributed by atoms with Crippen molar-refractivity contribution in [1.82, 2.24) is 5.32 Å². The normalized spacial score (nSPS) is 10.0. The van der Waals surface area contributed by atoms with Gasteiger partial charge in [0.15, 0.2) is 6.19 Å². The molecule has 0 atom stereocenters. The van der Waals surface area contributed by atoms with Gasteiger partial charge in [0.1, 0.15) is 0 Å². The largest absolute Gasteiger partial charge is 0.369 e. The Morgan fingerprint density at radius 3 is 2.86 bits per heavy atom. The van der Waals surface area contributed by atoms with Crippen LogP contribution in [-0.4, -0.2) is 5.96 Å². The van der Waals surface area contributed by atoms with Crippen LogP contribution in [0.4, 0.5) is 5.69 Å². The van der Waals surface area contributed by atoms with E-state index in [0.29, 0.717) is 11.3 Å². The van der Waals surface area contributed by atoms with Crippen LogP contribution in [-0.2, 0) is 0 Å². The van der Waals surface area contributed by atoms with E-state index in [4.69, 9.17) is 16.3 Å². The lowest BCUT2D eigenvalue weighted by atomic mass is 10.2. The molecule has 0 amide bonds. The average Bonchev–Trinajstić information content (AvgIpc) is 2.18.